The van der Waals surface area contributed by atoms with Crippen LogP contribution in [0.1, 0.15) is 11.3 Å². The monoisotopic (exact) mass is 165 g/mol. The van der Waals surface area contributed by atoms with Crippen LogP contribution in [0.5, 0.6) is 0 Å². The normalized spacial score (nSPS) is 10.8. The molecule has 0 amide bonds. The van der Waals surface area contributed by atoms with Crippen LogP contribution in [0.2, 0.25) is 0 Å². The lowest BCUT2D eigenvalue weighted by molar-refractivity contribution is 0.281. The lowest BCUT2D eigenvalue weighted by Gasteiger charge is -1.95. The average Bonchev–Trinajstić information content (AvgIpc) is 2.15. The fourth-order valence-corrected chi connectivity index (χ4v) is 0.802. The van der Waals surface area contributed by atoms with Crippen molar-refractivity contribution in [3.8, 4) is 0 Å². The summed E-state index contributed by atoms with van der Waals surface area (Å²) in [6.45, 7) is 0.0282. The molecule has 0 aliphatic heterocycles. The summed E-state index contributed by atoms with van der Waals surface area (Å²) >= 11 is 0. The van der Waals surface area contributed by atoms with E-state index in [1.54, 1.807) is 30.5 Å². The quantitative estimate of drug-likeness (QED) is 0.688. The van der Waals surface area contributed by atoms with Crippen molar-refractivity contribution >= 4 is 6.08 Å². The number of pyridine rings is 1. The summed E-state index contributed by atoms with van der Waals surface area (Å²) in [6.07, 6.45) is 4.94. The van der Waals surface area contributed by atoms with Gasteiger partial charge in [0.05, 0.1) is 18.9 Å². The zero-order valence-electron chi connectivity index (χ0n) is 6.64. The highest BCUT2D eigenvalue weighted by atomic mass is 16.3. The molecule has 0 unspecified atom stereocenters. The fraction of sp³-hybridized carbons (Fsp3) is 0.222. The van der Waals surface area contributed by atoms with Gasteiger partial charge in [0.2, 0.25) is 0 Å². The van der Waals surface area contributed by atoms with Gasteiger partial charge in [0.25, 0.3) is 0 Å². The number of hydrogen-bond donors (Lipinski definition) is 2. The molecule has 0 aliphatic rings. The van der Waals surface area contributed by atoms with Crippen LogP contribution >= 0.6 is 0 Å². The molecule has 0 fully saturated rings. The topological polar surface area (TPSA) is 53.4 Å². The summed E-state index contributed by atoms with van der Waals surface area (Å²) in [7, 11) is 0. The third-order valence-corrected chi connectivity index (χ3v) is 1.42. The van der Waals surface area contributed by atoms with Crippen molar-refractivity contribution in [2.75, 3.05) is 6.61 Å². The molecule has 12 heavy (non-hydrogen) atoms. The van der Waals surface area contributed by atoms with Gasteiger partial charge in [0.1, 0.15) is 0 Å². The molecule has 0 aliphatic carbocycles. The van der Waals surface area contributed by atoms with Crippen molar-refractivity contribution < 1.29 is 10.2 Å². The minimum Gasteiger partial charge on any atom is -0.392 e. The second kappa shape index (κ2) is 4.64. The predicted octanol–water partition coefficient (Wildman–Crippen LogP) is 0.579. The van der Waals surface area contributed by atoms with Crippen molar-refractivity contribution in [3.63, 3.8) is 0 Å². The molecule has 0 atom stereocenters. The SMILES string of the molecule is OCC=Cc1ccc(CO)cn1. The Hall–Kier alpha value is -1.19. The van der Waals surface area contributed by atoms with Crippen molar-refractivity contribution in [1.29, 1.82) is 0 Å². The number of rotatable bonds is 3. The van der Waals surface area contributed by atoms with Gasteiger partial charge in [-0.15, -0.1) is 0 Å². The fourth-order valence-electron chi connectivity index (χ4n) is 0.802. The summed E-state index contributed by atoms with van der Waals surface area (Å²) in [6, 6.07) is 3.59. The summed E-state index contributed by atoms with van der Waals surface area (Å²) in [5.74, 6) is 0. The molecule has 3 nitrogen and oxygen atoms in total. The van der Waals surface area contributed by atoms with Crippen molar-refractivity contribution in [3.05, 3.63) is 35.7 Å². The molecule has 1 heterocycles. The number of aliphatic hydroxyl groups is 2. The van der Waals surface area contributed by atoms with Gasteiger partial charge >= 0.3 is 0 Å². The van der Waals surface area contributed by atoms with E-state index in [0.29, 0.717) is 0 Å². The Labute approximate surface area is 71.0 Å². The van der Waals surface area contributed by atoms with Crippen LogP contribution in [0.15, 0.2) is 24.4 Å². The van der Waals surface area contributed by atoms with Crippen LogP contribution in [0.25, 0.3) is 6.08 Å². The molecule has 64 valence electrons. The zero-order valence-corrected chi connectivity index (χ0v) is 6.64. The molecule has 2 N–H and O–H groups in total. The standard InChI is InChI=1S/C9H11NO2/c11-5-1-2-9-4-3-8(7-12)6-10-9/h1-4,6,11-12H,5,7H2. The lowest BCUT2D eigenvalue weighted by Crippen LogP contribution is -1.86. The minimum absolute atomic E-state index is 0.0109. The third-order valence-electron chi connectivity index (χ3n) is 1.42. The second-order valence-corrected chi connectivity index (χ2v) is 2.33. The molecule has 1 aromatic rings. The zero-order chi connectivity index (χ0) is 8.81. The van der Waals surface area contributed by atoms with E-state index in [1.807, 2.05) is 0 Å². The molecule has 3 heteroatoms. The highest BCUT2D eigenvalue weighted by Crippen LogP contribution is 2.01. The van der Waals surface area contributed by atoms with Gasteiger partial charge in [-0.1, -0.05) is 12.1 Å². The van der Waals surface area contributed by atoms with E-state index in [-0.39, 0.29) is 13.2 Å². The number of aromatic nitrogens is 1. The number of aliphatic hydroxyl groups excluding tert-OH is 2. The molecule has 0 bridgehead atoms. The van der Waals surface area contributed by atoms with Crippen molar-refractivity contribution in [2.45, 2.75) is 6.61 Å². The molecule has 0 saturated carbocycles. The van der Waals surface area contributed by atoms with Gasteiger partial charge in [-0.2, -0.15) is 0 Å². The third kappa shape index (κ3) is 2.45. The maximum absolute atomic E-state index is 8.71. The Bertz CT molecular complexity index is 254. The van der Waals surface area contributed by atoms with Crippen molar-refractivity contribution in [2.24, 2.45) is 0 Å². The highest BCUT2D eigenvalue weighted by molar-refractivity contribution is 5.44. The Morgan fingerprint density at radius 1 is 1.33 bits per heavy atom. The van der Waals surface area contributed by atoms with E-state index in [4.69, 9.17) is 10.2 Å². The highest BCUT2D eigenvalue weighted by Gasteiger charge is 1.89. The second-order valence-electron chi connectivity index (χ2n) is 2.33. The maximum Gasteiger partial charge on any atom is 0.0696 e. The van der Waals surface area contributed by atoms with Crippen LogP contribution in [0.4, 0.5) is 0 Å². The van der Waals surface area contributed by atoms with E-state index in [1.165, 1.54) is 0 Å². The summed E-state index contributed by atoms with van der Waals surface area (Å²) in [4.78, 5) is 4.03. The van der Waals surface area contributed by atoms with Crippen LogP contribution in [0, 0.1) is 0 Å². The Kier molecular flexibility index (Phi) is 3.44. The van der Waals surface area contributed by atoms with Gasteiger partial charge in [-0.25, -0.2) is 0 Å². The first-order chi connectivity index (χ1) is 5.86. The molecule has 1 aromatic heterocycles. The molecular weight excluding hydrogens is 154 g/mol. The summed E-state index contributed by atoms with van der Waals surface area (Å²) < 4.78 is 0. The Morgan fingerprint density at radius 2 is 2.17 bits per heavy atom. The van der Waals surface area contributed by atoms with Gasteiger partial charge in [-0.05, 0) is 17.7 Å². The summed E-state index contributed by atoms with van der Waals surface area (Å²) in [5, 5.41) is 17.2. The van der Waals surface area contributed by atoms with Gasteiger partial charge in [-0.3, -0.25) is 4.98 Å². The Morgan fingerprint density at radius 3 is 2.67 bits per heavy atom. The number of hydrogen-bond acceptors (Lipinski definition) is 3. The van der Waals surface area contributed by atoms with E-state index in [9.17, 15) is 0 Å². The van der Waals surface area contributed by atoms with E-state index < -0.39 is 0 Å². The van der Waals surface area contributed by atoms with Crippen LogP contribution < -0.4 is 0 Å². The van der Waals surface area contributed by atoms with E-state index in [2.05, 4.69) is 4.98 Å². The average molecular weight is 165 g/mol. The maximum atomic E-state index is 8.71. The number of nitrogens with zero attached hydrogens (tertiary/aromatic N) is 1. The van der Waals surface area contributed by atoms with E-state index in [0.717, 1.165) is 11.3 Å². The molecule has 0 spiro atoms. The first-order valence-electron chi connectivity index (χ1n) is 3.70. The summed E-state index contributed by atoms with van der Waals surface area (Å²) in [5.41, 5.74) is 1.57. The first kappa shape index (κ1) is 8.90. The predicted molar refractivity (Wildman–Crippen MR) is 46.3 cm³/mol. The van der Waals surface area contributed by atoms with Crippen LogP contribution in [-0.4, -0.2) is 21.8 Å². The van der Waals surface area contributed by atoms with Gasteiger partial charge in [0, 0.05) is 6.20 Å². The molecule has 0 saturated heterocycles. The molecule has 1 rings (SSSR count). The Balaban J connectivity index is 2.71. The van der Waals surface area contributed by atoms with Crippen molar-refractivity contribution in [1.82, 2.24) is 4.98 Å². The van der Waals surface area contributed by atoms with Crippen LogP contribution in [0.3, 0.4) is 0 Å². The van der Waals surface area contributed by atoms with Crippen LogP contribution in [-0.2, 0) is 6.61 Å². The van der Waals surface area contributed by atoms with E-state index >= 15 is 0 Å². The molecule has 0 aromatic carbocycles. The molecular formula is C9H11NO2. The lowest BCUT2D eigenvalue weighted by atomic mass is 10.2. The minimum atomic E-state index is 0.0109. The smallest absolute Gasteiger partial charge is 0.0696 e. The first-order valence-corrected chi connectivity index (χ1v) is 3.70. The largest absolute Gasteiger partial charge is 0.392 e. The van der Waals surface area contributed by atoms with Gasteiger partial charge < -0.3 is 10.2 Å². The molecule has 0 radical (unpaired) electrons. The van der Waals surface area contributed by atoms with Gasteiger partial charge in [0.15, 0.2) is 0 Å².